The lowest BCUT2D eigenvalue weighted by Crippen LogP contribution is -2.11. The second-order valence-corrected chi connectivity index (χ2v) is 3.43. The van der Waals surface area contributed by atoms with Gasteiger partial charge in [-0.3, -0.25) is 5.43 Å². The van der Waals surface area contributed by atoms with Crippen LogP contribution in [0.2, 0.25) is 0 Å². The van der Waals surface area contributed by atoms with Crippen LogP contribution >= 0.6 is 0 Å². The summed E-state index contributed by atoms with van der Waals surface area (Å²) >= 11 is 0. The Labute approximate surface area is 91.3 Å². The third-order valence-electron chi connectivity index (χ3n) is 2.48. The molecule has 0 amide bonds. The Hall–Kier alpha value is -2.27. The van der Waals surface area contributed by atoms with Crippen molar-refractivity contribution < 1.29 is 0 Å². The summed E-state index contributed by atoms with van der Waals surface area (Å²) in [4.78, 5) is 4.31. The number of hydrogen-bond acceptors (Lipinski definition) is 5. The Kier molecular flexibility index (Phi) is 1.91. The number of nitrogens with two attached hydrogens (primary N) is 1. The molecule has 0 atom stereocenters. The summed E-state index contributed by atoms with van der Waals surface area (Å²) in [5.41, 5.74) is 3.97. The first-order valence-corrected chi connectivity index (χ1v) is 4.87. The molecule has 0 saturated heterocycles. The first kappa shape index (κ1) is 8.99. The fraction of sp³-hybridized carbons (Fsp3) is 0. The summed E-state index contributed by atoms with van der Waals surface area (Å²) in [6, 6.07) is 11.9. The van der Waals surface area contributed by atoms with Crippen molar-refractivity contribution in [3.8, 4) is 0 Å². The molecule has 0 aliphatic heterocycles. The molecular formula is C11H9N5. The van der Waals surface area contributed by atoms with E-state index >= 15 is 0 Å². The van der Waals surface area contributed by atoms with Crippen LogP contribution in [-0.2, 0) is 0 Å². The standard InChI is InChI=1S/C11H9N5/c12-14-11-13-10-8-4-2-1-3-7(8)5-6-9(10)15-16-11/h1-6H,12H2,(H,13,14,16). The van der Waals surface area contributed by atoms with Gasteiger partial charge in [0.2, 0.25) is 0 Å². The molecule has 1 heterocycles. The SMILES string of the molecule is NNc1nnc2ccc3ccccc3c2n1. The number of nitrogens with one attached hydrogen (secondary N) is 1. The Bertz CT molecular complexity index is 665. The maximum Gasteiger partial charge on any atom is 0.257 e. The molecule has 0 radical (unpaired) electrons. The predicted molar refractivity (Wildman–Crippen MR) is 62.6 cm³/mol. The number of benzene rings is 2. The van der Waals surface area contributed by atoms with Crippen molar-refractivity contribution in [2.45, 2.75) is 0 Å². The summed E-state index contributed by atoms with van der Waals surface area (Å²) in [7, 11) is 0. The van der Waals surface area contributed by atoms with Crippen LogP contribution in [0.25, 0.3) is 21.8 Å². The highest BCUT2D eigenvalue weighted by Crippen LogP contribution is 2.22. The van der Waals surface area contributed by atoms with Crippen molar-refractivity contribution in [1.29, 1.82) is 0 Å². The molecule has 0 saturated carbocycles. The average Bonchev–Trinajstić information content (AvgIpc) is 2.38. The maximum absolute atomic E-state index is 5.27. The minimum Gasteiger partial charge on any atom is -0.291 e. The van der Waals surface area contributed by atoms with Crippen LogP contribution in [0.5, 0.6) is 0 Å². The molecule has 0 bridgehead atoms. The molecule has 0 unspecified atom stereocenters. The first-order valence-electron chi connectivity index (χ1n) is 4.87. The van der Waals surface area contributed by atoms with Crippen molar-refractivity contribution >= 4 is 27.8 Å². The van der Waals surface area contributed by atoms with E-state index < -0.39 is 0 Å². The minimum atomic E-state index is 0.323. The predicted octanol–water partition coefficient (Wildman–Crippen LogP) is 1.46. The van der Waals surface area contributed by atoms with Crippen LogP contribution in [-0.4, -0.2) is 15.2 Å². The zero-order valence-electron chi connectivity index (χ0n) is 8.38. The topological polar surface area (TPSA) is 76.7 Å². The van der Waals surface area contributed by atoms with E-state index in [0.717, 1.165) is 21.8 Å². The number of hydrogen-bond donors (Lipinski definition) is 2. The van der Waals surface area contributed by atoms with E-state index in [0.29, 0.717) is 5.95 Å². The molecule has 5 heteroatoms. The zero-order chi connectivity index (χ0) is 11.0. The van der Waals surface area contributed by atoms with E-state index in [-0.39, 0.29) is 0 Å². The molecule has 1 aromatic heterocycles. The normalized spacial score (nSPS) is 10.8. The van der Waals surface area contributed by atoms with Crippen molar-refractivity contribution in [1.82, 2.24) is 15.2 Å². The molecule has 0 aliphatic carbocycles. The fourth-order valence-corrected chi connectivity index (χ4v) is 1.73. The first-order chi connectivity index (χ1) is 7.88. The Morgan fingerprint density at radius 2 is 1.88 bits per heavy atom. The molecular weight excluding hydrogens is 202 g/mol. The number of fused-ring (bicyclic) bond motifs is 3. The van der Waals surface area contributed by atoms with Crippen LogP contribution in [0.1, 0.15) is 0 Å². The molecule has 78 valence electrons. The third kappa shape index (κ3) is 1.26. The van der Waals surface area contributed by atoms with Crippen LogP contribution < -0.4 is 11.3 Å². The van der Waals surface area contributed by atoms with E-state index in [1.807, 2.05) is 36.4 Å². The number of anilines is 1. The maximum atomic E-state index is 5.27. The molecule has 0 aliphatic rings. The quantitative estimate of drug-likeness (QED) is 0.362. The van der Waals surface area contributed by atoms with Gasteiger partial charge in [-0.25, -0.2) is 10.8 Å². The monoisotopic (exact) mass is 211 g/mol. The van der Waals surface area contributed by atoms with Crippen LogP contribution in [0.4, 0.5) is 5.95 Å². The van der Waals surface area contributed by atoms with Crippen molar-refractivity contribution in [3.05, 3.63) is 36.4 Å². The molecule has 0 fully saturated rings. The van der Waals surface area contributed by atoms with Crippen molar-refractivity contribution in [3.63, 3.8) is 0 Å². The van der Waals surface area contributed by atoms with Crippen LogP contribution in [0.3, 0.4) is 0 Å². The van der Waals surface area contributed by atoms with Gasteiger partial charge in [0.05, 0.1) is 0 Å². The van der Waals surface area contributed by atoms with Gasteiger partial charge in [0.15, 0.2) is 0 Å². The average molecular weight is 211 g/mol. The largest absolute Gasteiger partial charge is 0.291 e. The van der Waals surface area contributed by atoms with E-state index in [4.69, 9.17) is 5.84 Å². The van der Waals surface area contributed by atoms with Crippen LogP contribution in [0, 0.1) is 0 Å². The molecule has 0 spiro atoms. The highest BCUT2D eigenvalue weighted by atomic mass is 15.3. The lowest BCUT2D eigenvalue weighted by atomic mass is 10.1. The summed E-state index contributed by atoms with van der Waals surface area (Å²) in [5, 5.41) is 10.1. The summed E-state index contributed by atoms with van der Waals surface area (Å²) in [6.45, 7) is 0. The zero-order valence-corrected chi connectivity index (χ0v) is 8.38. The second kappa shape index (κ2) is 3.39. The van der Waals surface area contributed by atoms with E-state index in [2.05, 4.69) is 20.6 Å². The molecule has 3 aromatic rings. The van der Waals surface area contributed by atoms with Gasteiger partial charge >= 0.3 is 0 Å². The summed E-state index contributed by atoms with van der Waals surface area (Å²) < 4.78 is 0. The van der Waals surface area contributed by atoms with Gasteiger partial charge in [-0.15, -0.1) is 10.2 Å². The minimum absolute atomic E-state index is 0.323. The number of nitrogen functional groups attached to an aromatic ring is 1. The van der Waals surface area contributed by atoms with E-state index in [1.54, 1.807) is 0 Å². The smallest absolute Gasteiger partial charge is 0.257 e. The molecule has 16 heavy (non-hydrogen) atoms. The van der Waals surface area contributed by atoms with Gasteiger partial charge < -0.3 is 0 Å². The van der Waals surface area contributed by atoms with Gasteiger partial charge in [-0.2, -0.15) is 0 Å². The van der Waals surface area contributed by atoms with E-state index in [9.17, 15) is 0 Å². The number of rotatable bonds is 1. The third-order valence-corrected chi connectivity index (χ3v) is 2.48. The Morgan fingerprint density at radius 1 is 1.00 bits per heavy atom. The highest BCUT2D eigenvalue weighted by molar-refractivity contribution is 6.03. The van der Waals surface area contributed by atoms with E-state index in [1.165, 1.54) is 0 Å². The van der Waals surface area contributed by atoms with Crippen LogP contribution in [0.15, 0.2) is 36.4 Å². The summed E-state index contributed by atoms with van der Waals surface area (Å²) in [6.07, 6.45) is 0. The Morgan fingerprint density at radius 3 is 2.75 bits per heavy atom. The lowest BCUT2D eigenvalue weighted by Gasteiger charge is -2.03. The van der Waals surface area contributed by atoms with Gasteiger partial charge in [-0.1, -0.05) is 30.3 Å². The molecule has 2 aromatic carbocycles. The van der Waals surface area contributed by atoms with Gasteiger partial charge in [0.1, 0.15) is 11.0 Å². The fourth-order valence-electron chi connectivity index (χ4n) is 1.73. The number of hydrazine groups is 1. The highest BCUT2D eigenvalue weighted by Gasteiger charge is 2.04. The van der Waals surface area contributed by atoms with Crippen molar-refractivity contribution in [2.75, 3.05) is 5.43 Å². The van der Waals surface area contributed by atoms with Gasteiger partial charge in [-0.05, 0) is 11.5 Å². The van der Waals surface area contributed by atoms with Gasteiger partial charge in [0, 0.05) is 5.39 Å². The molecule has 5 nitrogen and oxygen atoms in total. The van der Waals surface area contributed by atoms with Gasteiger partial charge in [0.25, 0.3) is 5.95 Å². The Balaban J connectivity index is 2.47. The van der Waals surface area contributed by atoms with Crippen molar-refractivity contribution in [2.24, 2.45) is 5.84 Å². The lowest BCUT2D eigenvalue weighted by molar-refractivity contribution is 1.01. The molecule has 3 N–H and O–H groups in total. The second-order valence-electron chi connectivity index (χ2n) is 3.43. The number of aromatic nitrogens is 3. The number of nitrogens with zero attached hydrogens (tertiary/aromatic N) is 3. The summed E-state index contributed by atoms with van der Waals surface area (Å²) in [5.74, 6) is 5.59. The molecule has 3 rings (SSSR count).